The molecule has 0 saturated heterocycles. The maximum absolute atomic E-state index is 14.9. The van der Waals surface area contributed by atoms with Crippen LogP contribution in [-0.4, -0.2) is 58.6 Å². The van der Waals surface area contributed by atoms with Gasteiger partial charge in [0.15, 0.2) is 11.6 Å². The number of anilines is 3. The van der Waals surface area contributed by atoms with Crippen molar-refractivity contribution in [1.29, 1.82) is 0 Å². The number of non-ortho nitro benzene ring substituents is 1. The van der Waals surface area contributed by atoms with Crippen LogP contribution < -0.4 is 15.1 Å². The van der Waals surface area contributed by atoms with Crippen LogP contribution in [-0.2, 0) is 22.6 Å². The molecular weight excluding hydrogens is 648 g/mol. The van der Waals surface area contributed by atoms with Crippen molar-refractivity contribution in [3.05, 3.63) is 105 Å². The van der Waals surface area contributed by atoms with E-state index in [0.29, 0.717) is 16.0 Å². The number of amides is 3. The molecule has 0 fully saturated rings. The molecule has 1 N–H and O–H groups in total. The number of thiophene rings is 1. The Morgan fingerprint density at radius 3 is 2.31 bits per heavy atom. The van der Waals surface area contributed by atoms with Crippen LogP contribution in [0.5, 0.6) is 0 Å². The Bertz CT molecular complexity index is 1880. The summed E-state index contributed by atoms with van der Waals surface area (Å²) in [6, 6.07) is 11.9. The third-order valence-electron chi connectivity index (χ3n) is 7.10. The van der Waals surface area contributed by atoms with Crippen molar-refractivity contribution >= 4 is 51.6 Å². The minimum atomic E-state index is -0.963. The number of nitrogens with zero attached hydrogens (tertiary/aromatic N) is 6. The molecule has 1 aliphatic rings. The molecule has 0 unspecified atom stereocenters. The molecule has 3 amide bonds. The highest BCUT2D eigenvalue weighted by Gasteiger charge is 2.33. The minimum absolute atomic E-state index is 0.0104. The molecule has 0 aliphatic carbocycles. The predicted octanol–water partition coefficient (Wildman–Crippen LogP) is 6.12. The molecule has 0 atom stereocenters. The second-order valence-electron chi connectivity index (χ2n) is 10.7. The van der Waals surface area contributed by atoms with E-state index in [2.05, 4.69) is 15.5 Å². The number of nitrogens with one attached hydrogen (secondary N) is 1. The first-order valence-corrected chi connectivity index (χ1v) is 15.4. The summed E-state index contributed by atoms with van der Waals surface area (Å²) in [5, 5.41) is 22.1. The zero-order valence-electron chi connectivity index (χ0n) is 26.0. The molecule has 0 spiro atoms. The maximum atomic E-state index is 14.9. The van der Waals surface area contributed by atoms with Crippen LogP contribution in [0.4, 0.5) is 35.9 Å². The van der Waals surface area contributed by atoms with Crippen molar-refractivity contribution in [2.75, 3.05) is 35.8 Å². The van der Waals surface area contributed by atoms with Gasteiger partial charge in [0.25, 0.3) is 11.6 Å². The van der Waals surface area contributed by atoms with E-state index >= 15 is 0 Å². The van der Waals surface area contributed by atoms with Gasteiger partial charge in [-0.3, -0.25) is 29.5 Å². The van der Waals surface area contributed by atoms with E-state index < -0.39 is 40.7 Å². The van der Waals surface area contributed by atoms with Gasteiger partial charge in [0.05, 0.1) is 23.6 Å². The van der Waals surface area contributed by atoms with Crippen molar-refractivity contribution in [3.63, 3.8) is 0 Å². The number of carbonyl (C=O) groups is 3. The lowest BCUT2D eigenvalue weighted by atomic mass is 10.0. The van der Waals surface area contributed by atoms with Gasteiger partial charge in [0.2, 0.25) is 5.91 Å². The van der Waals surface area contributed by atoms with Crippen molar-refractivity contribution in [1.82, 2.24) is 15.1 Å². The number of benzene rings is 2. The first kappa shape index (κ1) is 33.7. The fourth-order valence-corrected chi connectivity index (χ4v) is 6.22. The second-order valence-corrected chi connectivity index (χ2v) is 11.7. The van der Waals surface area contributed by atoms with Gasteiger partial charge in [0, 0.05) is 41.7 Å². The number of aromatic nitrogens is 2. The van der Waals surface area contributed by atoms with Gasteiger partial charge < -0.3 is 15.0 Å². The smallest absolute Gasteiger partial charge is 0.415 e. The fraction of sp³-hybridized carbons (Fsp3) is 0.219. The predicted molar refractivity (Wildman–Crippen MR) is 175 cm³/mol. The number of ether oxygens (including phenoxy) is 1. The molecule has 0 bridgehead atoms. The average molecular weight is 678 g/mol. The Morgan fingerprint density at radius 2 is 1.75 bits per heavy atom. The lowest BCUT2D eigenvalue weighted by Crippen LogP contribution is -2.33. The van der Waals surface area contributed by atoms with Crippen molar-refractivity contribution in [3.8, 4) is 10.4 Å². The highest BCUT2D eigenvalue weighted by molar-refractivity contribution is 7.20. The van der Waals surface area contributed by atoms with E-state index in [0.717, 1.165) is 28.4 Å². The van der Waals surface area contributed by atoms with Crippen LogP contribution in [0, 0.1) is 21.7 Å². The monoisotopic (exact) mass is 677 g/mol. The van der Waals surface area contributed by atoms with Gasteiger partial charge >= 0.3 is 6.09 Å². The van der Waals surface area contributed by atoms with Crippen molar-refractivity contribution < 1.29 is 32.8 Å². The lowest BCUT2D eigenvalue weighted by Gasteiger charge is -2.23. The number of nitro groups is 1. The summed E-state index contributed by atoms with van der Waals surface area (Å²) in [6.45, 7) is 1.03. The van der Waals surface area contributed by atoms with E-state index in [9.17, 15) is 33.3 Å². The zero-order valence-corrected chi connectivity index (χ0v) is 26.8. The SMILES string of the molecule is CCOC(=O)N(Cc1c(F)cccc1F)c1sc(-c2ccc([N+](=O)[O-])cc2)c(CN(C)C)c1C(=O)Nc1ccc(N2C=CCC2=O)nn1. The molecule has 0 saturated carbocycles. The number of hydrogen-bond donors (Lipinski definition) is 1. The molecule has 3 heterocycles. The summed E-state index contributed by atoms with van der Waals surface area (Å²) in [4.78, 5) is 55.1. The highest BCUT2D eigenvalue weighted by atomic mass is 32.1. The quantitative estimate of drug-likeness (QED) is 0.146. The molecule has 48 heavy (non-hydrogen) atoms. The van der Waals surface area contributed by atoms with Gasteiger partial charge in [0.1, 0.15) is 16.6 Å². The second kappa shape index (κ2) is 14.4. The molecule has 4 aromatic rings. The minimum Gasteiger partial charge on any atom is -0.449 e. The third-order valence-corrected chi connectivity index (χ3v) is 8.40. The molecule has 248 valence electrons. The molecule has 5 rings (SSSR count). The number of hydrogen-bond acceptors (Lipinski definition) is 10. The van der Waals surface area contributed by atoms with Crippen LogP contribution in [0.1, 0.15) is 34.8 Å². The number of rotatable bonds is 11. The number of nitro benzene ring substituents is 1. The summed E-state index contributed by atoms with van der Waals surface area (Å²) in [6.07, 6.45) is 2.50. The standard InChI is InChI=1S/C32H29F2N7O6S/c1-4-47-32(44)40(18-21-23(33)7-5-8-24(21)34)31-28(30(43)35-25-14-15-26(37-36-25)39-16-6-9-27(39)42)22(17-38(2)3)29(48-31)19-10-12-20(13-11-19)41(45)46/h5-8,10-16H,4,9,17-18H2,1-3H3,(H,35,36,43). The van der Waals surface area contributed by atoms with E-state index in [4.69, 9.17) is 4.74 Å². The topological polar surface area (TPSA) is 151 Å². The third kappa shape index (κ3) is 7.19. The van der Waals surface area contributed by atoms with Gasteiger partial charge in [-0.1, -0.05) is 12.1 Å². The Morgan fingerprint density at radius 1 is 1.04 bits per heavy atom. The van der Waals surface area contributed by atoms with Crippen LogP contribution in [0.15, 0.2) is 66.9 Å². The van der Waals surface area contributed by atoms with Crippen molar-refractivity contribution in [2.45, 2.75) is 26.4 Å². The Balaban J connectivity index is 1.66. The van der Waals surface area contributed by atoms with Crippen LogP contribution in [0.25, 0.3) is 10.4 Å². The molecule has 2 aromatic heterocycles. The summed E-state index contributed by atoms with van der Waals surface area (Å²) in [7, 11) is 3.52. The molecule has 1 aliphatic heterocycles. The maximum Gasteiger partial charge on any atom is 0.415 e. The van der Waals surface area contributed by atoms with Gasteiger partial charge in [-0.05, 0) is 68.5 Å². The first-order chi connectivity index (χ1) is 23.0. The molecule has 13 nitrogen and oxygen atoms in total. The summed E-state index contributed by atoms with van der Waals surface area (Å²) in [5.41, 5.74) is 0.320. The van der Waals surface area contributed by atoms with Gasteiger partial charge in [-0.25, -0.2) is 13.6 Å². The summed E-state index contributed by atoms with van der Waals surface area (Å²) in [5.74, 6) is -2.46. The number of halogens is 2. The van der Waals surface area contributed by atoms with Crippen LogP contribution in [0.3, 0.4) is 0 Å². The molecular formula is C32H29F2N7O6S. The average Bonchev–Trinajstić information content (AvgIpc) is 3.64. The normalized spacial score (nSPS) is 12.5. The summed E-state index contributed by atoms with van der Waals surface area (Å²) < 4.78 is 35.1. The summed E-state index contributed by atoms with van der Waals surface area (Å²) >= 11 is 0.982. The Labute approximate surface area is 277 Å². The molecule has 0 radical (unpaired) electrons. The first-order valence-electron chi connectivity index (χ1n) is 14.5. The molecule has 2 aromatic carbocycles. The lowest BCUT2D eigenvalue weighted by molar-refractivity contribution is -0.384. The molecule has 16 heteroatoms. The van der Waals surface area contributed by atoms with Crippen LogP contribution in [0.2, 0.25) is 0 Å². The van der Waals surface area contributed by atoms with E-state index in [1.165, 1.54) is 47.4 Å². The Hall–Kier alpha value is -5.61. The van der Waals surface area contributed by atoms with E-state index in [-0.39, 0.29) is 53.4 Å². The number of carbonyl (C=O) groups excluding carboxylic acids is 3. The van der Waals surface area contributed by atoms with Crippen LogP contribution >= 0.6 is 11.3 Å². The highest BCUT2D eigenvalue weighted by Crippen LogP contribution is 2.44. The van der Waals surface area contributed by atoms with Crippen molar-refractivity contribution in [2.24, 2.45) is 0 Å². The van der Waals surface area contributed by atoms with Gasteiger partial charge in [-0.15, -0.1) is 21.5 Å². The largest absolute Gasteiger partial charge is 0.449 e. The fourth-order valence-electron chi connectivity index (χ4n) is 4.92. The van der Waals surface area contributed by atoms with E-state index in [1.54, 1.807) is 38.2 Å². The zero-order chi connectivity index (χ0) is 34.5. The van der Waals surface area contributed by atoms with Gasteiger partial charge in [-0.2, -0.15) is 0 Å². The van der Waals surface area contributed by atoms with E-state index in [1.807, 2.05) is 0 Å². The Kier molecular flexibility index (Phi) is 10.1.